The maximum Gasteiger partial charge on any atom is 0.410 e. The van der Waals surface area contributed by atoms with Gasteiger partial charge in [0.05, 0.1) is 18.0 Å². The molecule has 1 aromatic carbocycles. The molecule has 0 aliphatic carbocycles. The monoisotopic (exact) mass is 410 g/mol. The first-order valence-corrected chi connectivity index (χ1v) is 11.3. The van der Waals surface area contributed by atoms with E-state index in [-0.39, 0.29) is 18.2 Å². The molecule has 8 heteroatoms. The van der Waals surface area contributed by atoms with Crippen molar-refractivity contribution in [2.75, 3.05) is 26.8 Å². The Morgan fingerprint density at radius 2 is 1.82 bits per heavy atom. The van der Waals surface area contributed by atoms with Crippen LogP contribution in [-0.4, -0.2) is 62.6 Å². The van der Waals surface area contributed by atoms with Crippen LogP contribution in [0.5, 0.6) is 5.75 Å². The zero-order chi connectivity index (χ0) is 20.6. The Morgan fingerprint density at radius 3 is 2.39 bits per heavy atom. The standard InChI is InChI=1S/C20H30N2O5S/c1-6-16-12-27-20(23)22(16)17-7-9-21(10-8-17)28(24,25)19-13(2)11-18(26-5)14(3)15(19)4/h11,16-17H,6-10,12H2,1-5H3. The van der Waals surface area contributed by atoms with E-state index in [2.05, 4.69) is 0 Å². The largest absolute Gasteiger partial charge is 0.496 e. The Bertz CT molecular complexity index is 860. The molecule has 1 atom stereocenters. The Labute approximate surface area is 167 Å². The molecule has 0 N–H and O–H groups in total. The summed E-state index contributed by atoms with van der Waals surface area (Å²) in [7, 11) is -2.02. The Hall–Kier alpha value is -1.80. The average molecular weight is 411 g/mol. The van der Waals surface area contributed by atoms with Crippen LogP contribution in [0.3, 0.4) is 0 Å². The Kier molecular flexibility index (Phi) is 5.91. The van der Waals surface area contributed by atoms with Crippen molar-refractivity contribution in [1.29, 1.82) is 0 Å². The lowest BCUT2D eigenvalue weighted by atomic mass is 10.0. The third-order valence-electron chi connectivity index (χ3n) is 6.09. The fraction of sp³-hybridized carbons (Fsp3) is 0.650. The molecule has 2 aliphatic heterocycles. The minimum Gasteiger partial charge on any atom is -0.496 e. The van der Waals surface area contributed by atoms with Crippen LogP contribution in [0.1, 0.15) is 42.9 Å². The molecular weight excluding hydrogens is 380 g/mol. The number of carbonyl (C=O) groups excluding carboxylic acids is 1. The molecule has 0 spiro atoms. The van der Waals surface area contributed by atoms with Gasteiger partial charge in [0.15, 0.2) is 0 Å². The molecule has 2 aliphatic rings. The van der Waals surface area contributed by atoms with Crippen LogP contribution in [0.2, 0.25) is 0 Å². The van der Waals surface area contributed by atoms with E-state index in [1.807, 2.05) is 25.7 Å². The van der Waals surface area contributed by atoms with Crippen LogP contribution < -0.4 is 4.74 Å². The number of amides is 1. The Morgan fingerprint density at radius 1 is 1.18 bits per heavy atom. The molecular formula is C20H30N2O5S. The summed E-state index contributed by atoms with van der Waals surface area (Å²) in [5.74, 6) is 0.700. The third kappa shape index (κ3) is 3.48. The minimum absolute atomic E-state index is 0.0335. The molecule has 0 saturated carbocycles. The molecule has 28 heavy (non-hydrogen) atoms. The van der Waals surface area contributed by atoms with E-state index in [4.69, 9.17) is 9.47 Å². The molecule has 1 amide bonds. The lowest BCUT2D eigenvalue weighted by molar-refractivity contribution is 0.124. The number of nitrogens with zero attached hydrogens (tertiary/aromatic N) is 2. The fourth-order valence-corrected chi connectivity index (χ4v) is 6.31. The first-order valence-electron chi connectivity index (χ1n) is 9.82. The smallest absolute Gasteiger partial charge is 0.410 e. The summed E-state index contributed by atoms with van der Waals surface area (Å²) >= 11 is 0. The van der Waals surface area contributed by atoms with Crippen LogP contribution in [0.15, 0.2) is 11.0 Å². The second kappa shape index (κ2) is 7.91. The molecule has 7 nitrogen and oxygen atoms in total. The number of carbonyl (C=O) groups is 1. The van der Waals surface area contributed by atoms with E-state index in [9.17, 15) is 13.2 Å². The minimum atomic E-state index is -3.61. The van der Waals surface area contributed by atoms with Crippen LogP contribution in [0, 0.1) is 20.8 Å². The van der Waals surface area contributed by atoms with E-state index in [0.29, 0.717) is 48.7 Å². The van der Waals surface area contributed by atoms with E-state index in [1.54, 1.807) is 24.4 Å². The second-order valence-electron chi connectivity index (χ2n) is 7.66. The number of ether oxygens (including phenoxy) is 2. The van der Waals surface area contributed by atoms with Gasteiger partial charge in [0.2, 0.25) is 10.0 Å². The highest BCUT2D eigenvalue weighted by molar-refractivity contribution is 7.89. The molecule has 1 unspecified atom stereocenters. The predicted octanol–water partition coefficient (Wildman–Crippen LogP) is 3.00. The van der Waals surface area contributed by atoms with Gasteiger partial charge < -0.3 is 9.47 Å². The number of aryl methyl sites for hydroxylation is 1. The highest BCUT2D eigenvalue weighted by Gasteiger charge is 2.40. The van der Waals surface area contributed by atoms with Gasteiger partial charge in [-0.05, 0) is 62.8 Å². The molecule has 1 aromatic rings. The van der Waals surface area contributed by atoms with Gasteiger partial charge in [0.1, 0.15) is 12.4 Å². The molecule has 2 fully saturated rings. The molecule has 0 bridgehead atoms. The molecule has 156 valence electrons. The quantitative estimate of drug-likeness (QED) is 0.746. The third-order valence-corrected chi connectivity index (χ3v) is 8.28. The van der Waals surface area contributed by atoms with Crippen LogP contribution in [-0.2, 0) is 14.8 Å². The van der Waals surface area contributed by atoms with Crippen molar-refractivity contribution in [2.24, 2.45) is 0 Å². The number of hydrogen-bond donors (Lipinski definition) is 0. The van der Waals surface area contributed by atoms with Gasteiger partial charge in [-0.3, -0.25) is 4.90 Å². The molecule has 2 heterocycles. The van der Waals surface area contributed by atoms with Crippen molar-refractivity contribution in [1.82, 2.24) is 9.21 Å². The van der Waals surface area contributed by atoms with Crippen molar-refractivity contribution >= 4 is 16.1 Å². The summed E-state index contributed by atoms with van der Waals surface area (Å²) in [6.07, 6.45) is 1.81. The van der Waals surface area contributed by atoms with E-state index in [1.165, 1.54) is 0 Å². The zero-order valence-electron chi connectivity index (χ0n) is 17.3. The SMILES string of the molecule is CCC1COC(=O)N1C1CCN(S(=O)(=O)c2c(C)cc(OC)c(C)c2C)CC1. The fourth-order valence-electron chi connectivity index (χ4n) is 4.35. The summed E-state index contributed by atoms with van der Waals surface area (Å²) in [6.45, 7) is 8.78. The van der Waals surface area contributed by atoms with Crippen molar-refractivity contribution in [3.63, 3.8) is 0 Å². The zero-order valence-corrected chi connectivity index (χ0v) is 18.1. The van der Waals surface area contributed by atoms with Crippen LogP contribution >= 0.6 is 0 Å². The average Bonchev–Trinajstić information content (AvgIpc) is 3.05. The van der Waals surface area contributed by atoms with Crippen LogP contribution in [0.25, 0.3) is 0 Å². The van der Waals surface area contributed by atoms with Crippen molar-refractivity contribution in [3.8, 4) is 5.75 Å². The summed E-state index contributed by atoms with van der Waals surface area (Å²) < 4.78 is 38.9. The lowest BCUT2D eigenvalue weighted by Crippen LogP contribution is -2.49. The molecule has 0 radical (unpaired) electrons. The summed E-state index contributed by atoms with van der Waals surface area (Å²) in [5.41, 5.74) is 2.26. The number of methoxy groups -OCH3 is 1. The summed E-state index contributed by atoms with van der Waals surface area (Å²) in [4.78, 5) is 14.3. The van der Waals surface area contributed by atoms with Gasteiger partial charge in [-0.15, -0.1) is 0 Å². The van der Waals surface area contributed by atoms with Gasteiger partial charge in [-0.2, -0.15) is 4.31 Å². The normalized spacial score (nSPS) is 21.8. The topological polar surface area (TPSA) is 76.2 Å². The molecule has 3 rings (SSSR count). The number of sulfonamides is 1. The van der Waals surface area contributed by atoms with Gasteiger partial charge in [0, 0.05) is 19.1 Å². The van der Waals surface area contributed by atoms with E-state index in [0.717, 1.165) is 17.5 Å². The van der Waals surface area contributed by atoms with Crippen LogP contribution in [0.4, 0.5) is 4.79 Å². The molecule has 2 saturated heterocycles. The number of rotatable bonds is 5. The van der Waals surface area contributed by atoms with E-state index >= 15 is 0 Å². The second-order valence-corrected chi connectivity index (χ2v) is 9.53. The van der Waals surface area contributed by atoms with Gasteiger partial charge in [-0.1, -0.05) is 6.92 Å². The first-order chi connectivity index (χ1) is 13.2. The maximum absolute atomic E-state index is 13.4. The number of piperidine rings is 1. The van der Waals surface area contributed by atoms with Crippen molar-refractivity contribution < 1.29 is 22.7 Å². The van der Waals surface area contributed by atoms with Gasteiger partial charge in [0.25, 0.3) is 0 Å². The highest BCUT2D eigenvalue weighted by atomic mass is 32.2. The first kappa shape index (κ1) is 20.9. The lowest BCUT2D eigenvalue weighted by Gasteiger charge is -2.37. The van der Waals surface area contributed by atoms with Gasteiger partial charge >= 0.3 is 6.09 Å². The van der Waals surface area contributed by atoms with Gasteiger partial charge in [-0.25, -0.2) is 13.2 Å². The molecule has 0 aromatic heterocycles. The summed E-state index contributed by atoms with van der Waals surface area (Å²) in [5, 5.41) is 0. The van der Waals surface area contributed by atoms with E-state index < -0.39 is 10.0 Å². The predicted molar refractivity (Wildman–Crippen MR) is 106 cm³/mol. The van der Waals surface area contributed by atoms with Crippen molar-refractivity contribution in [2.45, 2.75) is 63.9 Å². The number of cyclic esters (lactones) is 1. The summed E-state index contributed by atoms with van der Waals surface area (Å²) in [6, 6.07) is 1.91. The number of benzene rings is 1. The Balaban J connectivity index is 1.81. The highest BCUT2D eigenvalue weighted by Crippen LogP contribution is 2.34. The maximum atomic E-state index is 13.4. The number of hydrogen-bond acceptors (Lipinski definition) is 5. The van der Waals surface area contributed by atoms with Crippen molar-refractivity contribution in [3.05, 3.63) is 22.8 Å².